The van der Waals surface area contributed by atoms with Gasteiger partial charge in [0.15, 0.2) is 11.6 Å². The quantitative estimate of drug-likeness (QED) is 0.515. The molecule has 1 N–H and O–H groups in total. The Balaban J connectivity index is 1.68. The molecule has 0 amide bonds. The van der Waals surface area contributed by atoms with E-state index in [9.17, 15) is 10.1 Å². The molecular formula is C20H17ClN6O2. The summed E-state index contributed by atoms with van der Waals surface area (Å²) in [6.45, 7) is 0.884. The number of halogens is 1. The first-order valence-electron chi connectivity index (χ1n) is 9.37. The number of non-ortho nitro benzene ring substituents is 1. The van der Waals surface area contributed by atoms with Gasteiger partial charge in [-0.2, -0.15) is 0 Å². The van der Waals surface area contributed by atoms with E-state index in [1.807, 2.05) is 22.8 Å². The van der Waals surface area contributed by atoms with Crippen LogP contribution < -0.4 is 5.32 Å². The van der Waals surface area contributed by atoms with Crippen molar-refractivity contribution in [1.29, 1.82) is 0 Å². The van der Waals surface area contributed by atoms with Crippen LogP contribution in [-0.2, 0) is 13.1 Å². The first-order chi connectivity index (χ1) is 14.1. The smallest absolute Gasteiger partial charge is 0.270 e. The molecule has 9 heteroatoms. The van der Waals surface area contributed by atoms with Crippen molar-refractivity contribution >= 4 is 23.0 Å². The van der Waals surface area contributed by atoms with Crippen LogP contribution in [-0.4, -0.2) is 31.4 Å². The summed E-state index contributed by atoms with van der Waals surface area (Å²) in [5, 5.41) is 24.1. The van der Waals surface area contributed by atoms with Gasteiger partial charge in [-0.15, -0.1) is 10.2 Å². The topological polar surface area (TPSA) is 98.2 Å². The number of nitro benzene ring substituents is 1. The van der Waals surface area contributed by atoms with Crippen LogP contribution in [0.15, 0.2) is 47.5 Å². The van der Waals surface area contributed by atoms with Crippen LogP contribution in [0.3, 0.4) is 0 Å². The summed E-state index contributed by atoms with van der Waals surface area (Å²) in [5.74, 6) is 1.45. The van der Waals surface area contributed by atoms with Gasteiger partial charge in [0, 0.05) is 34.3 Å². The first-order valence-corrected chi connectivity index (χ1v) is 9.74. The Bertz CT molecular complexity index is 1150. The van der Waals surface area contributed by atoms with Gasteiger partial charge in [-0.1, -0.05) is 29.8 Å². The van der Waals surface area contributed by atoms with Gasteiger partial charge in [0.05, 0.1) is 22.9 Å². The second-order valence-electron chi connectivity index (χ2n) is 7.13. The summed E-state index contributed by atoms with van der Waals surface area (Å²) in [5.41, 5.74) is 2.74. The number of benzene rings is 2. The molecule has 0 bridgehead atoms. The van der Waals surface area contributed by atoms with E-state index in [2.05, 4.69) is 15.5 Å². The zero-order valence-corrected chi connectivity index (χ0v) is 16.1. The summed E-state index contributed by atoms with van der Waals surface area (Å²) >= 11 is 6.43. The summed E-state index contributed by atoms with van der Waals surface area (Å²) in [7, 11) is 0. The maximum atomic E-state index is 11.4. The van der Waals surface area contributed by atoms with Gasteiger partial charge in [0.1, 0.15) is 6.54 Å². The van der Waals surface area contributed by atoms with Gasteiger partial charge in [-0.25, -0.2) is 0 Å². The second-order valence-corrected chi connectivity index (χ2v) is 7.53. The summed E-state index contributed by atoms with van der Waals surface area (Å²) in [4.78, 5) is 15.7. The predicted octanol–water partition coefficient (Wildman–Crippen LogP) is 3.43. The molecule has 1 fully saturated rings. The van der Waals surface area contributed by atoms with Gasteiger partial charge >= 0.3 is 0 Å². The Hall–Kier alpha value is -3.10. The molecule has 0 spiro atoms. The highest BCUT2D eigenvalue weighted by atomic mass is 35.5. The van der Waals surface area contributed by atoms with Crippen LogP contribution >= 0.6 is 11.6 Å². The standard InChI is InChI=1S/C20H17ClN6O2/c21-16-4-2-1-3-14(16)20-15-9-13(27(28)29)7-8-17(15)26-18(10-22-12-5-6-12)24-25-19(26)11-23-20/h1-4,7-9,12,22H,5-6,10-11H2. The molecule has 0 saturated heterocycles. The molecular weight excluding hydrogens is 392 g/mol. The molecule has 1 aromatic heterocycles. The van der Waals surface area contributed by atoms with Crippen molar-refractivity contribution < 1.29 is 4.92 Å². The number of aliphatic imine (C=N–C) groups is 1. The monoisotopic (exact) mass is 408 g/mol. The molecule has 0 atom stereocenters. The van der Waals surface area contributed by atoms with E-state index < -0.39 is 4.92 Å². The summed E-state index contributed by atoms with van der Waals surface area (Å²) < 4.78 is 1.95. The highest BCUT2D eigenvalue weighted by molar-refractivity contribution is 6.35. The van der Waals surface area contributed by atoms with Crippen LogP contribution in [0, 0.1) is 10.1 Å². The lowest BCUT2D eigenvalue weighted by atomic mass is 9.99. The Morgan fingerprint density at radius 3 is 2.76 bits per heavy atom. The SMILES string of the molecule is O=[N+]([O-])c1ccc2c(c1)C(c1ccccc1Cl)=NCc1nnc(CNC3CC3)n1-2. The molecule has 2 aromatic carbocycles. The number of fused-ring (bicyclic) bond motifs is 3. The minimum atomic E-state index is -0.405. The normalized spacial score (nSPS) is 15.3. The van der Waals surface area contributed by atoms with Gasteiger partial charge in [0.25, 0.3) is 5.69 Å². The third kappa shape index (κ3) is 3.30. The molecule has 146 valence electrons. The van der Waals surface area contributed by atoms with Gasteiger partial charge in [0.2, 0.25) is 0 Å². The zero-order chi connectivity index (χ0) is 20.0. The van der Waals surface area contributed by atoms with Crippen LogP contribution in [0.2, 0.25) is 5.02 Å². The Morgan fingerprint density at radius 1 is 1.17 bits per heavy atom. The minimum absolute atomic E-state index is 0.00214. The van der Waals surface area contributed by atoms with Crippen LogP contribution in [0.1, 0.15) is 35.6 Å². The third-order valence-electron chi connectivity index (χ3n) is 5.12. The number of nitrogens with zero attached hydrogens (tertiary/aromatic N) is 5. The molecule has 2 aliphatic rings. The molecule has 29 heavy (non-hydrogen) atoms. The van der Waals surface area contributed by atoms with Crippen LogP contribution in [0.4, 0.5) is 5.69 Å². The molecule has 8 nitrogen and oxygen atoms in total. The van der Waals surface area contributed by atoms with E-state index in [0.717, 1.165) is 17.1 Å². The fourth-order valence-electron chi connectivity index (χ4n) is 3.51. The summed E-state index contributed by atoms with van der Waals surface area (Å²) in [6.07, 6.45) is 2.34. The minimum Gasteiger partial charge on any atom is -0.307 e. The van der Waals surface area contributed by atoms with E-state index in [1.54, 1.807) is 18.2 Å². The van der Waals surface area contributed by atoms with Gasteiger partial charge in [-0.3, -0.25) is 19.7 Å². The lowest BCUT2D eigenvalue weighted by Crippen LogP contribution is -2.19. The number of rotatable bonds is 5. The first kappa shape index (κ1) is 18.0. The highest BCUT2D eigenvalue weighted by Gasteiger charge is 2.27. The second kappa shape index (κ2) is 7.06. The number of nitro groups is 1. The van der Waals surface area contributed by atoms with Crippen molar-refractivity contribution in [2.75, 3.05) is 0 Å². The molecule has 0 unspecified atom stereocenters. The fourth-order valence-corrected chi connectivity index (χ4v) is 3.74. The maximum Gasteiger partial charge on any atom is 0.270 e. The number of nitrogens with one attached hydrogen (secondary N) is 1. The van der Waals surface area contributed by atoms with E-state index in [-0.39, 0.29) is 5.69 Å². The molecule has 1 aliphatic heterocycles. The largest absolute Gasteiger partial charge is 0.307 e. The molecule has 2 heterocycles. The van der Waals surface area contributed by atoms with Crippen molar-refractivity contribution in [1.82, 2.24) is 20.1 Å². The summed E-state index contributed by atoms with van der Waals surface area (Å²) in [6, 6.07) is 12.7. The highest BCUT2D eigenvalue weighted by Crippen LogP contribution is 2.31. The Labute approximate surface area is 171 Å². The average Bonchev–Trinajstić information content (AvgIpc) is 3.49. The van der Waals surface area contributed by atoms with Crippen LogP contribution in [0.5, 0.6) is 0 Å². The van der Waals surface area contributed by atoms with E-state index >= 15 is 0 Å². The van der Waals surface area contributed by atoms with Crippen molar-refractivity contribution in [3.63, 3.8) is 0 Å². The molecule has 1 saturated carbocycles. The lowest BCUT2D eigenvalue weighted by Gasteiger charge is -2.14. The zero-order valence-electron chi connectivity index (χ0n) is 15.4. The third-order valence-corrected chi connectivity index (χ3v) is 5.45. The van der Waals surface area contributed by atoms with E-state index in [0.29, 0.717) is 41.3 Å². The predicted molar refractivity (Wildman–Crippen MR) is 109 cm³/mol. The molecule has 1 aliphatic carbocycles. The maximum absolute atomic E-state index is 11.4. The number of aromatic nitrogens is 3. The van der Waals surface area contributed by atoms with Crippen molar-refractivity contribution in [2.24, 2.45) is 4.99 Å². The van der Waals surface area contributed by atoms with E-state index in [1.165, 1.54) is 18.9 Å². The van der Waals surface area contributed by atoms with Crippen molar-refractivity contribution in [3.05, 3.63) is 80.4 Å². The Morgan fingerprint density at radius 2 is 2.00 bits per heavy atom. The van der Waals surface area contributed by atoms with Crippen molar-refractivity contribution in [3.8, 4) is 5.69 Å². The molecule has 5 rings (SSSR count). The van der Waals surface area contributed by atoms with Gasteiger partial charge in [-0.05, 0) is 25.0 Å². The van der Waals surface area contributed by atoms with Gasteiger partial charge < -0.3 is 5.32 Å². The number of hydrogen-bond donors (Lipinski definition) is 1. The fraction of sp³-hybridized carbons (Fsp3) is 0.250. The lowest BCUT2D eigenvalue weighted by molar-refractivity contribution is -0.384. The van der Waals surface area contributed by atoms with Crippen molar-refractivity contribution in [2.45, 2.75) is 32.0 Å². The molecule has 3 aromatic rings. The molecule has 0 radical (unpaired) electrons. The van der Waals surface area contributed by atoms with E-state index in [4.69, 9.17) is 16.6 Å². The average molecular weight is 409 g/mol. The van der Waals surface area contributed by atoms with Crippen LogP contribution in [0.25, 0.3) is 5.69 Å². The Kier molecular flexibility index (Phi) is 4.37. The number of hydrogen-bond acceptors (Lipinski definition) is 6.